The number of hydrogen-bond acceptors (Lipinski definition) is 3. The second kappa shape index (κ2) is 4.51. The molecule has 3 nitrogen and oxygen atoms in total. The Labute approximate surface area is 71.9 Å². The van der Waals surface area contributed by atoms with E-state index in [2.05, 4.69) is 11.6 Å². The molecule has 64 valence electrons. The lowest BCUT2D eigenvalue weighted by Crippen LogP contribution is -2.09. The van der Waals surface area contributed by atoms with Gasteiger partial charge < -0.3 is 10.5 Å². The summed E-state index contributed by atoms with van der Waals surface area (Å²) in [5.41, 5.74) is 6.21. The lowest BCUT2D eigenvalue weighted by Gasteiger charge is -2.05. The Bertz CT molecular complexity index is 246. The fraction of sp³-hybridized carbons (Fsp3) is 0.222. The maximum absolute atomic E-state index is 5.34. The van der Waals surface area contributed by atoms with Crippen molar-refractivity contribution in [3.8, 4) is 5.75 Å². The van der Waals surface area contributed by atoms with E-state index in [1.165, 1.54) is 0 Å². The summed E-state index contributed by atoms with van der Waals surface area (Å²) in [6.45, 7) is 4.64. The van der Waals surface area contributed by atoms with Crippen LogP contribution in [0.5, 0.6) is 5.75 Å². The Morgan fingerprint density at radius 1 is 1.67 bits per heavy atom. The van der Waals surface area contributed by atoms with Crippen LogP contribution in [0.4, 0.5) is 0 Å². The maximum Gasteiger partial charge on any atom is 0.138 e. The minimum absolute atomic E-state index is 0.459. The van der Waals surface area contributed by atoms with Gasteiger partial charge in [-0.2, -0.15) is 0 Å². The van der Waals surface area contributed by atoms with Crippen molar-refractivity contribution in [3.63, 3.8) is 0 Å². The van der Waals surface area contributed by atoms with Crippen molar-refractivity contribution in [2.75, 3.05) is 13.2 Å². The Hall–Kier alpha value is -1.35. The average molecular weight is 164 g/mol. The number of nitrogens with zero attached hydrogens (tertiary/aromatic N) is 1. The van der Waals surface area contributed by atoms with Gasteiger partial charge in [0.1, 0.15) is 12.4 Å². The molecule has 0 spiro atoms. The van der Waals surface area contributed by atoms with E-state index in [-0.39, 0.29) is 0 Å². The van der Waals surface area contributed by atoms with Crippen molar-refractivity contribution in [3.05, 3.63) is 36.7 Å². The van der Waals surface area contributed by atoms with Crippen LogP contribution in [0.1, 0.15) is 0 Å². The summed E-state index contributed by atoms with van der Waals surface area (Å²) in [7, 11) is 0. The molecule has 0 aliphatic carbocycles. The third kappa shape index (κ3) is 2.72. The van der Waals surface area contributed by atoms with Crippen LogP contribution in [-0.2, 0) is 0 Å². The van der Waals surface area contributed by atoms with E-state index in [4.69, 9.17) is 10.5 Å². The first-order valence-corrected chi connectivity index (χ1v) is 3.72. The molecule has 0 aromatic carbocycles. The molecular weight excluding hydrogens is 152 g/mol. The molecule has 12 heavy (non-hydrogen) atoms. The first-order valence-electron chi connectivity index (χ1n) is 3.72. The van der Waals surface area contributed by atoms with Crippen molar-refractivity contribution >= 4 is 0 Å². The zero-order valence-corrected chi connectivity index (χ0v) is 6.86. The lowest BCUT2D eigenvalue weighted by atomic mass is 10.3. The Morgan fingerprint density at radius 3 is 3.08 bits per heavy atom. The monoisotopic (exact) mass is 164 g/mol. The molecule has 1 rings (SSSR count). The Kier molecular flexibility index (Phi) is 3.29. The molecule has 0 aliphatic heterocycles. The molecule has 3 heteroatoms. The second-order valence-corrected chi connectivity index (χ2v) is 2.43. The van der Waals surface area contributed by atoms with E-state index in [1.54, 1.807) is 12.4 Å². The van der Waals surface area contributed by atoms with Crippen molar-refractivity contribution in [2.24, 2.45) is 5.73 Å². The minimum atomic E-state index is 0.459. The van der Waals surface area contributed by atoms with Gasteiger partial charge in [-0.1, -0.05) is 6.58 Å². The normalized spacial score (nSPS) is 9.42. The van der Waals surface area contributed by atoms with Crippen molar-refractivity contribution in [2.45, 2.75) is 0 Å². The zero-order chi connectivity index (χ0) is 8.81. The molecule has 1 aromatic heterocycles. The summed E-state index contributed by atoms with van der Waals surface area (Å²) in [4.78, 5) is 3.90. The summed E-state index contributed by atoms with van der Waals surface area (Å²) in [6, 6.07) is 3.66. The van der Waals surface area contributed by atoms with Crippen LogP contribution in [0, 0.1) is 0 Å². The summed E-state index contributed by atoms with van der Waals surface area (Å²) >= 11 is 0. The van der Waals surface area contributed by atoms with Gasteiger partial charge in [-0.3, -0.25) is 4.98 Å². The summed E-state index contributed by atoms with van der Waals surface area (Å²) in [6.07, 6.45) is 3.36. The summed E-state index contributed by atoms with van der Waals surface area (Å²) < 4.78 is 5.32. The van der Waals surface area contributed by atoms with Crippen LogP contribution in [0.3, 0.4) is 0 Å². The fourth-order valence-electron chi connectivity index (χ4n) is 0.677. The van der Waals surface area contributed by atoms with E-state index >= 15 is 0 Å². The molecule has 2 N–H and O–H groups in total. The SMILES string of the molecule is C=C(CN)COc1cccnc1. The number of hydrogen-bond donors (Lipinski definition) is 1. The standard InChI is InChI=1S/C9H12N2O/c1-8(5-10)7-12-9-3-2-4-11-6-9/h2-4,6H,1,5,7,10H2. The first kappa shape index (κ1) is 8.74. The van der Waals surface area contributed by atoms with Gasteiger partial charge in [-0.15, -0.1) is 0 Å². The predicted octanol–water partition coefficient (Wildman–Crippen LogP) is 0.975. The van der Waals surface area contributed by atoms with Crippen LogP contribution in [0.2, 0.25) is 0 Å². The highest BCUT2D eigenvalue weighted by molar-refractivity contribution is 5.16. The van der Waals surface area contributed by atoms with Crippen molar-refractivity contribution in [1.82, 2.24) is 4.98 Å². The van der Waals surface area contributed by atoms with E-state index in [0.717, 1.165) is 11.3 Å². The van der Waals surface area contributed by atoms with Gasteiger partial charge in [0.2, 0.25) is 0 Å². The van der Waals surface area contributed by atoms with Gasteiger partial charge in [0.15, 0.2) is 0 Å². The van der Waals surface area contributed by atoms with Crippen LogP contribution in [-0.4, -0.2) is 18.1 Å². The number of rotatable bonds is 4. The van der Waals surface area contributed by atoms with E-state index in [1.807, 2.05) is 12.1 Å². The Balaban J connectivity index is 2.38. The molecule has 1 aromatic rings. The Morgan fingerprint density at radius 2 is 2.50 bits per heavy atom. The van der Waals surface area contributed by atoms with Crippen LogP contribution < -0.4 is 10.5 Å². The van der Waals surface area contributed by atoms with Gasteiger partial charge in [-0.05, 0) is 17.7 Å². The van der Waals surface area contributed by atoms with Crippen molar-refractivity contribution in [1.29, 1.82) is 0 Å². The molecule has 1 heterocycles. The van der Waals surface area contributed by atoms with Gasteiger partial charge >= 0.3 is 0 Å². The highest BCUT2D eigenvalue weighted by atomic mass is 16.5. The highest BCUT2D eigenvalue weighted by Gasteiger charge is 1.93. The molecular formula is C9H12N2O. The van der Waals surface area contributed by atoms with Crippen molar-refractivity contribution < 1.29 is 4.74 Å². The van der Waals surface area contributed by atoms with E-state index < -0.39 is 0 Å². The van der Waals surface area contributed by atoms with Gasteiger partial charge in [0, 0.05) is 12.7 Å². The molecule has 0 aliphatic rings. The molecule has 0 saturated carbocycles. The third-order valence-corrected chi connectivity index (χ3v) is 1.37. The topological polar surface area (TPSA) is 48.1 Å². The molecule has 0 unspecified atom stereocenters. The quantitative estimate of drug-likeness (QED) is 0.675. The number of ether oxygens (including phenoxy) is 1. The van der Waals surface area contributed by atoms with Gasteiger partial charge in [0.25, 0.3) is 0 Å². The highest BCUT2D eigenvalue weighted by Crippen LogP contribution is 2.06. The third-order valence-electron chi connectivity index (χ3n) is 1.37. The number of nitrogens with two attached hydrogens (primary N) is 1. The average Bonchev–Trinajstić information content (AvgIpc) is 2.16. The van der Waals surface area contributed by atoms with Crippen LogP contribution >= 0.6 is 0 Å². The molecule has 0 radical (unpaired) electrons. The van der Waals surface area contributed by atoms with Gasteiger partial charge in [0.05, 0.1) is 6.20 Å². The summed E-state index contributed by atoms with van der Waals surface area (Å²) in [5, 5.41) is 0. The zero-order valence-electron chi connectivity index (χ0n) is 6.86. The lowest BCUT2D eigenvalue weighted by molar-refractivity contribution is 0.349. The fourth-order valence-corrected chi connectivity index (χ4v) is 0.677. The smallest absolute Gasteiger partial charge is 0.138 e. The maximum atomic E-state index is 5.34. The number of pyridine rings is 1. The van der Waals surface area contributed by atoms with Gasteiger partial charge in [-0.25, -0.2) is 0 Å². The first-order chi connectivity index (χ1) is 5.83. The predicted molar refractivity (Wildman–Crippen MR) is 47.9 cm³/mol. The second-order valence-electron chi connectivity index (χ2n) is 2.43. The molecule has 0 atom stereocenters. The molecule has 0 saturated heterocycles. The molecule has 0 fully saturated rings. The van der Waals surface area contributed by atoms with Crippen LogP contribution in [0.25, 0.3) is 0 Å². The number of aromatic nitrogens is 1. The summed E-state index contributed by atoms with van der Waals surface area (Å²) in [5.74, 6) is 0.743. The van der Waals surface area contributed by atoms with Crippen LogP contribution in [0.15, 0.2) is 36.7 Å². The minimum Gasteiger partial charge on any atom is -0.488 e. The van der Waals surface area contributed by atoms with E-state index in [9.17, 15) is 0 Å². The largest absolute Gasteiger partial charge is 0.488 e. The van der Waals surface area contributed by atoms with E-state index in [0.29, 0.717) is 13.2 Å². The molecule has 0 bridgehead atoms. The molecule has 0 amide bonds.